The number of rotatable bonds is 2. The number of nitrogens with one attached hydrogen (secondary N) is 1. The van der Waals surface area contributed by atoms with Crippen molar-refractivity contribution in [3.05, 3.63) is 0 Å². The molecule has 1 heterocycles. The van der Waals surface area contributed by atoms with Crippen LogP contribution < -0.4 is 5.32 Å². The molecular formula is C17H30N2O3. The van der Waals surface area contributed by atoms with Gasteiger partial charge in [-0.3, -0.25) is 9.69 Å². The van der Waals surface area contributed by atoms with E-state index in [0.717, 1.165) is 32.1 Å². The molecule has 2 fully saturated rings. The number of amides is 2. The van der Waals surface area contributed by atoms with E-state index in [2.05, 4.69) is 5.32 Å². The summed E-state index contributed by atoms with van der Waals surface area (Å²) in [7, 11) is 0. The highest BCUT2D eigenvalue weighted by atomic mass is 16.6. The van der Waals surface area contributed by atoms with Crippen molar-refractivity contribution in [2.45, 2.75) is 89.8 Å². The van der Waals surface area contributed by atoms with E-state index in [0.29, 0.717) is 6.54 Å². The number of likely N-dealkylation sites (tertiary alicyclic amines) is 1. The van der Waals surface area contributed by atoms with Crippen LogP contribution in [0.4, 0.5) is 4.79 Å². The van der Waals surface area contributed by atoms with Crippen molar-refractivity contribution in [1.82, 2.24) is 10.2 Å². The molecule has 2 aliphatic rings. The van der Waals surface area contributed by atoms with Gasteiger partial charge in [0, 0.05) is 12.6 Å². The first-order valence-electron chi connectivity index (χ1n) is 8.67. The third-order valence-corrected chi connectivity index (χ3v) is 4.39. The Morgan fingerprint density at radius 1 is 1.00 bits per heavy atom. The molecule has 2 rings (SSSR count). The summed E-state index contributed by atoms with van der Waals surface area (Å²) in [4.78, 5) is 26.5. The topological polar surface area (TPSA) is 58.6 Å². The van der Waals surface area contributed by atoms with E-state index in [1.54, 1.807) is 4.90 Å². The van der Waals surface area contributed by atoms with Gasteiger partial charge in [0.25, 0.3) is 0 Å². The van der Waals surface area contributed by atoms with Crippen LogP contribution in [0.25, 0.3) is 0 Å². The van der Waals surface area contributed by atoms with Crippen LogP contribution >= 0.6 is 0 Å². The zero-order valence-corrected chi connectivity index (χ0v) is 14.2. The van der Waals surface area contributed by atoms with Gasteiger partial charge in [-0.15, -0.1) is 0 Å². The van der Waals surface area contributed by atoms with E-state index in [9.17, 15) is 9.59 Å². The molecule has 0 spiro atoms. The lowest BCUT2D eigenvalue weighted by Gasteiger charge is -2.36. The molecule has 1 unspecified atom stereocenters. The monoisotopic (exact) mass is 310 g/mol. The van der Waals surface area contributed by atoms with Crippen LogP contribution in [0.15, 0.2) is 0 Å². The Balaban J connectivity index is 1.96. The predicted octanol–water partition coefficient (Wildman–Crippen LogP) is 3.22. The SMILES string of the molecule is CC(C)(C)OC(=O)N1CCCCC1C(=O)NC1CCCCC1. The molecule has 2 amide bonds. The molecule has 1 aliphatic heterocycles. The molecule has 1 atom stereocenters. The minimum Gasteiger partial charge on any atom is -0.444 e. The van der Waals surface area contributed by atoms with Crippen molar-refractivity contribution < 1.29 is 14.3 Å². The third-order valence-electron chi connectivity index (χ3n) is 4.39. The number of piperidine rings is 1. The summed E-state index contributed by atoms with van der Waals surface area (Å²) < 4.78 is 5.45. The Morgan fingerprint density at radius 2 is 1.64 bits per heavy atom. The fourth-order valence-electron chi connectivity index (χ4n) is 3.29. The summed E-state index contributed by atoms with van der Waals surface area (Å²) in [6.07, 6.45) is 8.05. The van der Waals surface area contributed by atoms with Gasteiger partial charge in [-0.25, -0.2) is 4.79 Å². The highest BCUT2D eigenvalue weighted by Gasteiger charge is 2.35. The van der Waals surface area contributed by atoms with Crippen molar-refractivity contribution >= 4 is 12.0 Å². The lowest BCUT2D eigenvalue weighted by atomic mass is 9.94. The van der Waals surface area contributed by atoms with Crippen LogP contribution in [0, 0.1) is 0 Å². The van der Waals surface area contributed by atoms with Gasteiger partial charge in [0.2, 0.25) is 5.91 Å². The van der Waals surface area contributed by atoms with Crippen LogP contribution in [0.1, 0.15) is 72.1 Å². The Hall–Kier alpha value is -1.26. The van der Waals surface area contributed by atoms with Crippen LogP contribution in [0.3, 0.4) is 0 Å². The molecule has 1 saturated carbocycles. The smallest absolute Gasteiger partial charge is 0.410 e. The van der Waals surface area contributed by atoms with Crippen molar-refractivity contribution in [3.63, 3.8) is 0 Å². The number of nitrogens with zero attached hydrogens (tertiary/aromatic N) is 1. The maximum Gasteiger partial charge on any atom is 0.410 e. The Morgan fingerprint density at radius 3 is 2.27 bits per heavy atom. The van der Waals surface area contributed by atoms with Gasteiger partial charge in [0.05, 0.1) is 0 Å². The molecule has 1 saturated heterocycles. The van der Waals surface area contributed by atoms with E-state index in [1.807, 2.05) is 20.8 Å². The highest BCUT2D eigenvalue weighted by molar-refractivity contribution is 5.86. The zero-order valence-electron chi connectivity index (χ0n) is 14.2. The average Bonchev–Trinajstić information content (AvgIpc) is 2.46. The van der Waals surface area contributed by atoms with E-state index < -0.39 is 5.60 Å². The first-order valence-corrected chi connectivity index (χ1v) is 8.67. The number of ether oxygens (including phenoxy) is 1. The molecule has 5 nitrogen and oxygen atoms in total. The van der Waals surface area contributed by atoms with Gasteiger partial charge < -0.3 is 10.1 Å². The molecule has 126 valence electrons. The van der Waals surface area contributed by atoms with Gasteiger partial charge in [0.15, 0.2) is 0 Å². The normalized spacial score (nSPS) is 24.0. The second-order valence-corrected chi connectivity index (χ2v) is 7.53. The van der Waals surface area contributed by atoms with Crippen molar-refractivity contribution in [2.24, 2.45) is 0 Å². The van der Waals surface area contributed by atoms with Gasteiger partial charge in [-0.1, -0.05) is 19.3 Å². The molecular weight excluding hydrogens is 280 g/mol. The summed E-state index contributed by atoms with van der Waals surface area (Å²) in [6, 6.07) is -0.0887. The van der Waals surface area contributed by atoms with E-state index in [4.69, 9.17) is 4.74 Å². The van der Waals surface area contributed by atoms with Gasteiger partial charge in [0.1, 0.15) is 11.6 Å². The van der Waals surface area contributed by atoms with Crippen LogP contribution in [0.2, 0.25) is 0 Å². The first kappa shape index (κ1) is 17.1. The molecule has 0 radical (unpaired) electrons. The van der Waals surface area contributed by atoms with Gasteiger partial charge >= 0.3 is 6.09 Å². The second-order valence-electron chi connectivity index (χ2n) is 7.53. The maximum atomic E-state index is 12.6. The van der Waals surface area contributed by atoms with E-state index >= 15 is 0 Å². The summed E-state index contributed by atoms with van der Waals surface area (Å²) in [5.74, 6) is -0.00235. The quantitative estimate of drug-likeness (QED) is 0.852. The summed E-state index contributed by atoms with van der Waals surface area (Å²) >= 11 is 0. The van der Waals surface area contributed by atoms with Gasteiger partial charge in [-0.2, -0.15) is 0 Å². The number of carbonyl (C=O) groups is 2. The molecule has 22 heavy (non-hydrogen) atoms. The fourth-order valence-corrected chi connectivity index (χ4v) is 3.29. The minimum absolute atomic E-state index is 0.00235. The van der Waals surface area contributed by atoms with Gasteiger partial charge in [-0.05, 0) is 52.9 Å². The Bertz CT molecular complexity index is 397. The third kappa shape index (κ3) is 4.89. The predicted molar refractivity (Wildman–Crippen MR) is 85.6 cm³/mol. The average molecular weight is 310 g/mol. The molecule has 0 aromatic carbocycles. The second kappa shape index (κ2) is 7.34. The lowest BCUT2D eigenvalue weighted by Crippen LogP contribution is -2.54. The molecule has 0 aromatic heterocycles. The molecule has 1 aliphatic carbocycles. The first-order chi connectivity index (χ1) is 10.4. The van der Waals surface area contributed by atoms with Crippen molar-refractivity contribution in [1.29, 1.82) is 0 Å². The lowest BCUT2D eigenvalue weighted by molar-refractivity contribution is -0.128. The summed E-state index contributed by atoms with van der Waals surface area (Å²) in [5.41, 5.74) is -0.529. The maximum absolute atomic E-state index is 12.6. The minimum atomic E-state index is -0.529. The number of hydrogen-bond acceptors (Lipinski definition) is 3. The largest absolute Gasteiger partial charge is 0.444 e. The zero-order chi connectivity index (χ0) is 16.2. The number of hydrogen-bond donors (Lipinski definition) is 1. The Kier molecular flexibility index (Phi) is 5.70. The molecule has 0 aromatic rings. The summed E-state index contributed by atoms with van der Waals surface area (Å²) in [6.45, 7) is 6.17. The molecule has 5 heteroatoms. The number of carbonyl (C=O) groups excluding carboxylic acids is 2. The van der Waals surface area contributed by atoms with Crippen molar-refractivity contribution in [2.75, 3.05) is 6.54 Å². The van der Waals surface area contributed by atoms with E-state index in [-0.39, 0.29) is 24.1 Å². The summed E-state index contributed by atoms with van der Waals surface area (Å²) in [5, 5.41) is 3.15. The standard InChI is InChI=1S/C17H30N2O3/c1-17(2,3)22-16(21)19-12-8-7-11-14(19)15(20)18-13-9-5-4-6-10-13/h13-14H,4-12H2,1-3H3,(H,18,20). The van der Waals surface area contributed by atoms with Crippen LogP contribution in [-0.4, -0.2) is 41.1 Å². The van der Waals surface area contributed by atoms with Crippen LogP contribution in [0.5, 0.6) is 0 Å². The molecule has 0 bridgehead atoms. The van der Waals surface area contributed by atoms with Crippen LogP contribution in [-0.2, 0) is 9.53 Å². The van der Waals surface area contributed by atoms with E-state index in [1.165, 1.54) is 19.3 Å². The fraction of sp³-hybridized carbons (Fsp3) is 0.882. The molecule has 1 N–H and O–H groups in total. The Labute approximate surface area is 133 Å². The van der Waals surface area contributed by atoms with Crippen molar-refractivity contribution in [3.8, 4) is 0 Å². The highest BCUT2D eigenvalue weighted by Crippen LogP contribution is 2.22.